The summed E-state index contributed by atoms with van der Waals surface area (Å²) < 4.78 is 33.3. The summed E-state index contributed by atoms with van der Waals surface area (Å²) >= 11 is 0. The third-order valence-electron chi connectivity index (χ3n) is 9.70. The number of hydrogen-bond acceptors (Lipinski definition) is 7. The molecule has 3 aliphatic rings. The van der Waals surface area contributed by atoms with Crippen LogP contribution in [0.15, 0.2) is 103 Å². The summed E-state index contributed by atoms with van der Waals surface area (Å²) in [5.41, 5.74) is -1.21. The van der Waals surface area contributed by atoms with Crippen molar-refractivity contribution in [3.63, 3.8) is 0 Å². The standard InChI is InChI=1S/C39H35FN2O7/c1-3-47-33(43)22-32-38(29-21-27(40)19-20-31(29)41(36(38)45)23-25-13-7-5-8-14-25)34(35(44)48-4-2)39(49-32)28-17-11-12-18-30(28)42(37(39)46)24-26-15-9-6-10-16-26/h5-21,32,34H,3-4,22-24H2,1-2H3/t32-,34-,38-,39+/m0/s1. The van der Waals surface area contributed by atoms with Gasteiger partial charge < -0.3 is 24.0 Å². The molecule has 2 amide bonds. The molecule has 1 fully saturated rings. The summed E-state index contributed by atoms with van der Waals surface area (Å²) in [5, 5.41) is 0. The van der Waals surface area contributed by atoms with Crippen LogP contribution >= 0.6 is 0 Å². The molecular formula is C39H35FN2O7. The minimum atomic E-state index is -2.10. The summed E-state index contributed by atoms with van der Waals surface area (Å²) in [6.07, 6.45) is -1.90. The number of esters is 2. The van der Waals surface area contributed by atoms with Gasteiger partial charge in [0.25, 0.3) is 5.91 Å². The largest absolute Gasteiger partial charge is 0.466 e. The number of benzene rings is 4. The van der Waals surface area contributed by atoms with Crippen molar-refractivity contribution in [2.24, 2.45) is 5.92 Å². The van der Waals surface area contributed by atoms with Gasteiger partial charge in [-0.05, 0) is 54.8 Å². The first kappa shape index (κ1) is 32.2. The van der Waals surface area contributed by atoms with E-state index in [0.29, 0.717) is 16.9 Å². The van der Waals surface area contributed by atoms with E-state index in [4.69, 9.17) is 14.2 Å². The van der Waals surface area contributed by atoms with Crippen LogP contribution in [-0.2, 0) is 57.5 Å². The van der Waals surface area contributed by atoms with Crippen LogP contribution in [0.4, 0.5) is 15.8 Å². The highest BCUT2D eigenvalue weighted by atomic mass is 19.1. The Kier molecular flexibility index (Phi) is 8.28. The fourth-order valence-electron chi connectivity index (χ4n) is 7.84. The van der Waals surface area contributed by atoms with Gasteiger partial charge in [-0.2, -0.15) is 0 Å². The average Bonchev–Trinajstić information content (AvgIpc) is 3.62. The lowest BCUT2D eigenvalue weighted by atomic mass is 9.62. The van der Waals surface area contributed by atoms with Crippen LogP contribution < -0.4 is 9.80 Å². The van der Waals surface area contributed by atoms with Crippen LogP contribution in [-0.4, -0.2) is 43.1 Å². The highest BCUT2D eigenvalue weighted by Crippen LogP contribution is 2.65. The Morgan fingerprint density at radius 2 is 1.31 bits per heavy atom. The van der Waals surface area contributed by atoms with Gasteiger partial charge in [0.2, 0.25) is 5.91 Å². The van der Waals surface area contributed by atoms with Crippen molar-refractivity contribution in [2.75, 3.05) is 23.0 Å². The number of fused-ring (bicyclic) bond motifs is 4. The van der Waals surface area contributed by atoms with Crippen LogP contribution in [0.2, 0.25) is 0 Å². The molecule has 4 atom stereocenters. The van der Waals surface area contributed by atoms with Gasteiger partial charge in [0.15, 0.2) is 5.60 Å². The second-order valence-corrected chi connectivity index (χ2v) is 12.3. The summed E-state index contributed by atoms with van der Waals surface area (Å²) in [5.74, 6) is -5.05. The predicted octanol–water partition coefficient (Wildman–Crippen LogP) is 5.58. The fraction of sp³-hybridized carbons (Fsp3) is 0.282. The zero-order chi connectivity index (χ0) is 34.3. The van der Waals surface area contributed by atoms with Crippen LogP contribution in [0.25, 0.3) is 0 Å². The summed E-state index contributed by atoms with van der Waals surface area (Å²) in [6, 6.07) is 29.5. The molecule has 0 aromatic heterocycles. The smallest absolute Gasteiger partial charge is 0.314 e. The molecule has 4 aromatic rings. The van der Waals surface area contributed by atoms with E-state index in [1.54, 1.807) is 38.1 Å². The number of amides is 2. The van der Waals surface area contributed by atoms with E-state index >= 15 is 14.0 Å². The molecular weight excluding hydrogens is 627 g/mol. The van der Waals surface area contributed by atoms with Crippen LogP contribution in [0.3, 0.4) is 0 Å². The number of anilines is 2. The summed E-state index contributed by atoms with van der Waals surface area (Å²) in [6.45, 7) is 3.49. The normalized spacial score (nSPS) is 23.7. The molecule has 0 bridgehead atoms. The highest BCUT2D eigenvalue weighted by Gasteiger charge is 2.79. The molecule has 0 saturated carbocycles. The molecule has 7 rings (SSSR count). The van der Waals surface area contributed by atoms with E-state index in [2.05, 4.69) is 0 Å². The lowest BCUT2D eigenvalue weighted by Crippen LogP contribution is -2.56. The summed E-state index contributed by atoms with van der Waals surface area (Å²) in [7, 11) is 0. The maximum atomic E-state index is 15.4. The first-order valence-electron chi connectivity index (χ1n) is 16.4. The van der Waals surface area contributed by atoms with Crippen molar-refractivity contribution in [2.45, 2.75) is 50.5 Å². The van der Waals surface area contributed by atoms with E-state index in [0.717, 1.165) is 11.1 Å². The molecule has 250 valence electrons. The van der Waals surface area contributed by atoms with Gasteiger partial charge >= 0.3 is 11.9 Å². The minimum absolute atomic E-state index is 0.0525. The number of hydrogen-bond donors (Lipinski definition) is 0. The Morgan fingerprint density at radius 3 is 1.94 bits per heavy atom. The van der Waals surface area contributed by atoms with Gasteiger partial charge in [-0.25, -0.2) is 4.39 Å². The molecule has 1 saturated heterocycles. The minimum Gasteiger partial charge on any atom is -0.466 e. The second-order valence-electron chi connectivity index (χ2n) is 12.3. The van der Waals surface area contributed by atoms with E-state index in [9.17, 15) is 9.59 Å². The summed E-state index contributed by atoms with van der Waals surface area (Å²) in [4.78, 5) is 61.4. The number of ether oxygens (including phenoxy) is 3. The van der Waals surface area contributed by atoms with E-state index < -0.39 is 59.0 Å². The molecule has 10 heteroatoms. The number of carbonyl (C=O) groups is 4. The van der Waals surface area contributed by atoms with Gasteiger partial charge in [-0.1, -0.05) is 78.9 Å². The first-order chi connectivity index (χ1) is 23.8. The number of carbonyl (C=O) groups excluding carboxylic acids is 4. The fourth-order valence-corrected chi connectivity index (χ4v) is 7.84. The van der Waals surface area contributed by atoms with E-state index in [1.165, 1.54) is 28.0 Å². The van der Waals surface area contributed by atoms with Crippen molar-refractivity contribution in [1.29, 1.82) is 0 Å². The van der Waals surface area contributed by atoms with Crippen molar-refractivity contribution >= 4 is 35.1 Å². The third kappa shape index (κ3) is 4.92. The second kappa shape index (κ2) is 12.6. The first-order valence-corrected chi connectivity index (χ1v) is 16.4. The van der Waals surface area contributed by atoms with Crippen molar-refractivity contribution in [3.05, 3.63) is 131 Å². The molecule has 0 N–H and O–H groups in total. The van der Waals surface area contributed by atoms with Gasteiger partial charge in [0.05, 0.1) is 44.5 Å². The van der Waals surface area contributed by atoms with E-state index in [1.807, 2.05) is 60.7 Å². The van der Waals surface area contributed by atoms with Gasteiger partial charge in [0.1, 0.15) is 17.2 Å². The van der Waals surface area contributed by atoms with Crippen LogP contribution in [0, 0.1) is 11.7 Å². The Labute approximate surface area is 283 Å². The molecule has 2 spiro atoms. The highest BCUT2D eigenvalue weighted by molar-refractivity contribution is 6.16. The number of para-hydroxylation sites is 1. The Balaban J connectivity index is 1.49. The van der Waals surface area contributed by atoms with Crippen molar-refractivity contribution in [1.82, 2.24) is 0 Å². The van der Waals surface area contributed by atoms with E-state index in [-0.39, 0.29) is 31.9 Å². The quantitative estimate of drug-likeness (QED) is 0.216. The number of halogens is 1. The molecule has 9 nitrogen and oxygen atoms in total. The molecule has 3 aliphatic heterocycles. The SMILES string of the molecule is CCOC(=O)C[C@@H]1O[C@@]2(C(=O)N(Cc3ccccc3)c3ccccc32)[C@@H](C(=O)OCC)[C@@]12C(=O)N(Cc1ccccc1)c1ccc(F)cc12. The maximum Gasteiger partial charge on any atom is 0.314 e. The molecule has 0 aliphatic carbocycles. The van der Waals surface area contributed by atoms with Gasteiger partial charge in [0, 0.05) is 11.3 Å². The van der Waals surface area contributed by atoms with Crippen molar-refractivity contribution in [3.8, 4) is 0 Å². The third-order valence-corrected chi connectivity index (χ3v) is 9.70. The number of nitrogens with zero attached hydrogens (tertiary/aromatic N) is 2. The molecule has 4 aromatic carbocycles. The molecule has 0 radical (unpaired) electrons. The Hall–Kier alpha value is -5.35. The maximum absolute atomic E-state index is 15.4. The topological polar surface area (TPSA) is 102 Å². The monoisotopic (exact) mass is 662 g/mol. The lowest BCUT2D eigenvalue weighted by Gasteiger charge is -2.35. The zero-order valence-electron chi connectivity index (χ0n) is 27.1. The molecule has 49 heavy (non-hydrogen) atoms. The Bertz CT molecular complexity index is 1940. The van der Waals surface area contributed by atoms with Crippen LogP contribution in [0.1, 0.15) is 42.5 Å². The van der Waals surface area contributed by atoms with Crippen molar-refractivity contribution < 1.29 is 37.8 Å². The molecule has 3 heterocycles. The van der Waals surface area contributed by atoms with Gasteiger partial charge in [-0.15, -0.1) is 0 Å². The molecule has 0 unspecified atom stereocenters. The zero-order valence-corrected chi connectivity index (χ0v) is 27.1. The van der Waals surface area contributed by atoms with Gasteiger partial charge in [-0.3, -0.25) is 19.2 Å². The number of rotatable bonds is 9. The predicted molar refractivity (Wildman–Crippen MR) is 178 cm³/mol. The lowest BCUT2D eigenvalue weighted by molar-refractivity contribution is -0.165. The Morgan fingerprint density at radius 1 is 0.735 bits per heavy atom. The average molecular weight is 663 g/mol. The van der Waals surface area contributed by atoms with Crippen LogP contribution in [0.5, 0.6) is 0 Å².